The molecule has 3 N–H and O–H groups in total. The fraction of sp³-hybridized carbons (Fsp3) is 0.524. The van der Waals surface area contributed by atoms with Crippen molar-refractivity contribution in [3.8, 4) is 0 Å². The molecule has 3 heterocycles. The number of benzene rings is 1. The summed E-state index contributed by atoms with van der Waals surface area (Å²) in [6, 6.07) is 7.10. The number of rotatable bonds is 4. The summed E-state index contributed by atoms with van der Waals surface area (Å²) in [7, 11) is 0. The predicted octanol–water partition coefficient (Wildman–Crippen LogP) is 1.39. The highest BCUT2D eigenvalue weighted by Gasteiger charge is 2.45. The van der Waals surface area contributed by atoms with Crippen molar-refractivity contribution in [1.82, 2.24) is 19.4 Å². The maximum absolute atomic E-state index is 12.9. The molecular weight excluding hydrogens is 402 g/mol. The van der Waals surface area contributed by atoms with Gasteiger partial charge in [0, 0.05) is 13.1 Å². The number of carbonyl (C=O) groups is 2. The molecule has 4 rings (SSSR count). The van der Waals surface area contributed by atoms with Gasteiger partial charge in [0.2, 0.25) is 11.8 Å². The maximum atomic E-state index is 12.9. The Hall–Kier alpha value is -2.52. The summed E-state index contributed by atoms with van der Waals surface area (Å²) >= 11 is 5.31. The van der Waals surface area contributed by atoms with Crippen LogP contribution in [-0.4, -0.2) is 62.9 Å². The molecule has 0 aliphatic carbocycles. The van der Waals surface area contributed by atoms with Gasteiger partial charge in [-0.3, -0.25) is 23.9 Å². The zero-order valence-electron chi connectivity index (χ0n) is 16.9. The Morgan fingerprint density at radius 3 is 2.40 bits per heavy atom. The average Bonchev–Trinajstić information content (AvgIpc) is 2.77. The third kappa shape index (κ3) is 3.67. The number of aromatic amines is 1. The molecule has 0 radical (unpaired) electrons. The normalized spacial score (nSPS) is 19.7. The number of nitrogens with zero attached hydrogens (tertiary/aromatic N) is 3. The number of amides is 2. The molecule has 9 heteroatoms. The van der Waals surface area contributed by atoms with Gasteiger partial charge in [-0.05, 0) is 63.1 Å². The van der Waals surface area contributed by atoms with Crippen molar-refractivity contribution in [1.29, 1.82) is 0 Å². The summed E-state index contributed by atoms with van der Waals surface area (Å²) in [4.78, 5) is 45.1. The minimum atomic E-state index is -0.673. The largest absolute Gasteiger partial charge is 0.368 e. The zero-order chi connectivity index (χ0) is 21.3. The number of likely N-dealkylation sites (tertiary alicyclic amines) is 2. The van der Waals surface area contributed by atoms with E-state index >= 15 is 0 Å². The van der Waals surface area contributed by atoms with Crippen LogP contribution in [0.5, 0.6) is 0 Å². The van der Waals surface area contributed by atoms with Gasteiger partial charge in [0.05, 0.1) is 10.9 Å². The first-order valence-electron chi connectivity index (χ1n) is 10.5. The number of para-hydroxylation sites is 1. The molecule has 1 aromatic carbocycles. The van der Waals surface area contributed by atoms with Crippen molar-refractivity contribution in [2.75, 3.05) is 26.2 Å². The fourth-order valence-corrected chi connectivity index (χ4v) is 5.00. The van der Waals surface area contributed by atoms with Gasteiger partial charge >= 0.3 is 0 Å². The summed E-state index contributed by atoms with van der Waals surface area (Å²) in [6.45, 7) is 2.51. The number of carbonyl (C=O) groups excluding carboxylic acids is 2. The summed E-state index contributed by atoms with van der Waals surface area (Å²) in [5, 5.41) is 0.496. The van der Waals surface area contributed by atoms with Gasteiger partial charge in [-0.15, -0.1) is 0 Å². The van der Waals surface area contributed by atoms with Gasteiger partial charge in [0.15, 0.2) is 4.77 Å². The van der Waals surface area contributed by atoms with Crippen LogP contribution < -0.4 is 11.3 Å². The molecule has 0 bridgehead atoms. The molecule has 2 saturated heterocycles. The van der Waals surface area contributed by atoms with Crippen molar-refractivity contribution in [2.24, 2.45) is 5.73 Å². The standard InChI is InChI=1S/C21H27N5O3S/c22-19(29)21(25-10-4-1-5-11-25)8-12-24(13-9-21)17(27)14-26-18(28)15-6-2-3-7-16(15)23-20(26)30/h2-3,6-7H,1,4-5,8-14H2,(H2,22,29)(H,23,30). The smallest absolute Gasteiger partial charge is 0.262 e. The molecule has 8 nitrogen and oxygen atoms in total. The van der Waals surface area contributed by atoms with Crippen LogP contribution in [0.3, 0.4) is 0 Å². The average molecular weight is 430 g/mol. The number of hydrogen-bond acceptors (Lipinski definition) is 5. The third-order valence-corrected chi connectivity index (χ3v) is 6.87. The molecule has 2 amide bonds. The first kappa shape index (κ1) is 20.7. The quantitative estimate of drug-likeness (QED) is 0.715. The topological polar surface area (TPSA) is 104 Å². The lowest BCUT2D eigenvalue weighted by molar-refractivity contribution is -0.142. The molecule has 2 fully saturated rings. The molecule has 0 saturated carbocycles. The molecule has 1 aromatic heterocycles. The van der Waals surface area contributed by atoms with Crippen LogP contribution in [0.15, 0.2) is 29.1 Å². The van der Waals surface area contributed by atoms with Crippen LogP contribution >= 0.6 is 12.2 Å². The summed E-state index contributed by atoms with van der Waals surface area (Å²) < 4.78 is 1.53. The number of primary amides is 1. The van der Waals surface area contributed by atoms with Gasteiger partial charge < -0.3 is 15.6 Å². The number of aromatic nitrogens is 2. The van der Waals surface area contributed by atoms with Gasteiger partial charge in [-0.25, -0.2) is 0 Å². The van der Waals surface area contributed by atoms with E-state index in [-0.39, 0.29) is 28.7 Å². The van der Waals surface area contributed by atoms with Crippen molar-refractivity contribution < 1.29 is 9.59 Å². The Morgan fingerprint density at radius 1 is 1.07 bits per heavy atom. The third-order valence-electron chi connectivity index (χ3n) is 6.55. The van der Waals surface area contributed by atoms with Crippen LogP contribution in [0, 0.1) is 4.77 Å². The number of H-pyrrole nitrogens is 1. The van der Waals surface area contributed by atoms with Crippen molar-refractivity contribution in [3.63, 3.8) is 0 Å². The van der Waals surface area contributed by atoms with Crippen LogP contribution in [0.2, 0.25) is 0 Å². The van der Waals surface area contributed by atoms with Gasteiger partial charge in [-0.2, -0.15) is 0 Å². The minimum absolute atomic E-state index is 0.119. The number of hydrogen-bond donors (Lipinski definition) is 2. The van der Waals surface area contributed by atoms with Crippen LogP contribution in [0.4, 0.5) is 0 Å². The van der Waals surface area contributed by atoms with Gasteiger partial charge in [0.25, 0.3) is 5.56 Å². The van der Waals surface area contributed by atoms with Crippen LogP contribution in [-0.2, 0) is 16.1 Å². The molecule has 30 heavy (non-hydrogen) atoms. The second kappa shape index (κ2) is 8.31. The zero-order valence-corrected chi connectivity index (χ0v) is 17.7. The molecule has 0 spiro atoms. The lowest BCUT2D eigenvalue weighted by Gasteiger charge is -2.48. The van der Waals surface area contributed by atoms with Crippen molar-refractivity contribution in [3.05, 3.63) is 39.4 Å². The highest BCUT2D eigenvalue weighted by Crippen LogP contribution is 2.31. The first-order chi connectivity index (χ1) is 14.4. The van der Waals surface area contributed by atoms with Gasteiger partial charge in [0.1, 0.15) is 12.1 Å². The van der Waals surface area contributed by atoms with E-state index in [0.717, 1.165) is 25.9 Å². The molecule has 2 aromatic rings. The Kier molecular flexibility index (Phi) is 5.75. The molecule has 0 atom stereocenters. The highest BCUT2D eigenvalue weighted by atomic mass is 32.1. The Morgan fingerprint density at radius 2 is 1.73 bits per heavy atom. The molecule has 2 aliphatic heterocycles. The number of fused-ring (bicyclic) bond motifs is 1. The number of nitrogens with two attached hydrogens (primary N) is 1. The lowest BCUT2D eigenvalue weighted by atomic mass is 9.83. The summed E-state index contributed by atoms with van der Waals surface area (Å²) in [6.07, 6.45) is 4.36. The molecule has 160 valence electrons. The first-order valence-corrected chi connectivity index (χ1v) is 10.9. The van der Waals surface area contributed by atoms with E-state index < -0.39 is 5.54 Å². The Balaban J connectivity index is 1.50. The van der Waals surface area contributed by atoms with E-state index in [4.69, 9.17) is 18.0 Å². The highest BCUT2D eigenvalue weighted by molar-refractivity contribution is 7.71. The molecule has 2 aliphatic rings. The van der Waals surface area contributed by atoms with E-state index in [1.165, 1.54) is 11.0 Å². The van der Waals surface area contributed by atoms with Crippen LogP contribution in [0.25, 0.3) is 10.9 Å². The maximum Gasteiger partial charge on any atom is 0.262 e. The van der Waals surface area contributed by atoms with E-state index in [9.17, 15) is 14.4 Å². The van der Waals surface area contributed by atoms with E-state index in [0.29, 0.717) is 36.8 Å². The van der Waals surface area contributed by atoms with Crippen LogP contribution in [0.1, 0.15) is 32.1 Å². The molecular formula is C21H27N5O3S. The van der Waals surface area contributed by atoms with Crippen molar-refractivity contribution in [2.45, 2.75) is 44.2 Å². The molecule has 0 unspecified atom stereocenters. The monoisotopic (exact) mass is 429 g/mol. The summed E-state index contributed by atoms with van der Waals surface area (Å²) in [5.41, 5.74) is 5.53. The SMILES string of the molecule is NC(=O)C1(N2CCCCC2)CCN(C(=O)Cn2c(=S)[nH]c3ccccc3c2=O)CC1. The number of nitrogens with one attached hydrogen (secondary N) is 1. The van der Waals surface area contributed by atoms with Crippen molar-refractivity contribution >= 4 is 34.9 Å². The van der Waals surface area contributed by atoms with E-state index in [2.05, 4.69) is 9.88 Å². The predicted molar refractivity (Wildman–Crippen MR) is 117 cm³/mol. The second-order valence-electron chi connectivity index (χ2n) is 8.19. The summed E-state index contributed by atoms with van der Waals surface area (Å²) in [5.74, 6) is -0.478. The Labute approximate surface area is 179 Å². The van der Waals surface area contributed by atoms with E-state index in [1.807, 2.05) is 6.07 Å². The van der Waals surface area contributed by atoms with E-state index in [1.54, 1.807) is 23.1 Å². The number of piperidine rings is 2. The Bertz CT molecular complexity index is 1080. The lowest BCUT2D eigenvalue weighted by Crippen LogP contribution is -2.63. The second-order valence-corrected chi connectivity index (χ2v) is 8.58. The fourth-order valence-electron chi connectivity index (χ4n) is 4.74. The minimum Gasteiger partial charge on any atom is -0.368 e. The van der Waals surface area contributed by atoms with Gasteiger partial charge in [-0.1, -0.05) is 18.6 Å².